The van der Waals surface area contributed by atoms with Crippen LogP contribution >= 0.6 is 11.8 Å². The number of hydrogen-bond donors (Lipinski definition) is 0. The van der Waals surface area contributed by atoms with Crippen molar-refractivity contribution in [1.29, 1.82) is 0 Å². The minimum absolute atomic E-state index is 0.164. The molecule has 0 spiro atoms. The van der Waals surface area contributed by atoms with E-state index in [2.05, 4.69) is 31.0 Å². The molecule has 0 amide bonds. The van der Waals surface area contributed by atoms with Gasteiger partial charge in [-0.1, -0.05) is 17.8 Å². The maximum atomic E-state index is 11.2. The van der Waals surface area contributed by atoms with Crippen LogP contribution in [0.1, 0.15) is 11.1 Å². The van der Waals surface area contributed by atoms with Crippen molar-refractivity contribution in [2.75, 3.05) is 17.8 Å². The Morgan fingerprint density at radius 3 is 2.65 bits per heavy atom. The van der Waals surface area contributed by atoms with E-state index in [0.29, 0.717) is 5.75 Å². The summed E-state index contributed by atoms with van der Waals surface area (Å²) < 4.78 is 24.3. The molecule has 1 heterocycles. The predicted molar refractivity (Wildman–Crippen MR) is 83.5 cm³/mol. The number of benzene rings is 1. The van der Waals surface area contributed by atoms with E-state index in [1.807, 2.05) is 16.8 Å². The molecule has 0 aliphatic rings. The van der Waals surface area contributed by atoms with Crippen LogP contribution in [-0.4, -0.2) is 35.7 Å². The molecule has 0 fully saturated rings. The molecular formula is C14H18N2O2S2. The molecular weight excluding hydrogens is 292 g/mol. The molecule has 0 radical (unpaired) electrons. The van der Waals surface area contributed by atoms with Crippen LogP contribution < -0.4 is 0 Å². The highest BCUT2D eigenvalue weighted by atomic mass is 32.2. The van der Waals surface area contributed by atoms with Gasteiger partial charge in [-0.15, -0.1) is 0 Å². The second kappa shape index (κ2) is 6.01. The lowest BCUT2D eigenvalue weighted by Gasteiger charge is -2.09. The Kier molecular flexibility index (Phi) is 4.55. The standard InChI is InChI=1S/C14H18N2O2S2/c1-11-4-5-13(10-12(11)2)16-7-6-15-14(16)19-8-9-20(3,17)18/h4-7,10H,8-9H2,1-3H3. The van der Waals surface area contributed by atoms with Gasteiger partial charge >= 0.3 is 0 Å². The van der Waals surface area contributed by atoms with Crippen molar-refractivity contribution >= 4 is 21.6 Å². The van der Waals surface area contributed by atoms with Gasteiger partial charge in [0.25, 0.3) is 0 Å². The maximum absolute atomic E-state index is 11.2. The lowest BCUT2D eigenvalue weighted by Crippen LogP contribution is -2.06. The topological polar surface area (TPSA) is 52.0 Å². The lowest BCUT2D eigenvalue weighted by atomic mass is 10.1. The van der Waals surface area contributed by atoms with Gasteiger partial charge in [-0.05, 0) is 37.1 Å². The number of aryl methyl sites for hydroxylation is 2. The minimum atomic E-state index is -2.93. The summed E-state index contributed by atoms with van der Waals surface area (Å²) in [5.41, 5.74) is 3.52. The summed E-state index contributed by atoms with van der Waals surface area (Å²) in [5.74, 6) is 0.679. The second-order valence-corrected chi connectivity index (χ2v) is 8.15. The van der Waals surface area contributed by atoms with Gasteiger partial charge in [-0.3, -0.25) is 4.57 Å². The highest BCUT2D eigenvalue weighted by Gasteiger charge is 2.08. The molecule has 0 unspecified atom stereocenters. The van der Waals surface area contributed by atoms with Crippen molar-refractivity contribution in [2.45, 2.75) is 19.0 Å². The smallest absolute Gasteiger partial charge is 0.172 e. The Balaban J connectivity index is 2.17. The van der Waals surface area contributed by atoms with Crippen LogP contribution in [0.4, 0.5) is 0 Å². The number of rotatable bonds is 5. The Labute approximate surface area is 124 Å². The summed E-state index contributed by atoms with van der Waals surface area (Å²) in [4.78, 5) is 4.30. The van der Waals surface area contributed by atoms with Gasteiger partial charge in [0.15, 0.2) is 5.16 Å². The van der Waals surface area contributed by atoms with Crippen molar-refractivity contribution in [3.05, 3.63) is 41.7 Å². The van der Waals surface area contributed by atoms with E-state index in [1.54, 1.807) is 6.20 Å². The van der Waals surface area contributed by atoms with Crippen LogP contribution in [0.3, 0.4) is 0 Å². The van der Waals surface area contributed by atoms with Gasteiger partial charge < -0.3 is 0 Å². The molecule has 2 aromatic rings. The number of nitrogens with zero attached hydrogens (tertiary/aromatic N) is 2. The summed E-state index contributed by atoms with van der Waals surface area (Å²) >= 11 is 1.46. The summed E-state index contributed by atoms with van der Waals surface area (Å²) in [6, 6.07) is 6.23. The predicted octanol–water partition coefficient (Wildman–Crippen LogP) is 2.63. The minimum Gasteiger partial charge on any atom is -0.295 e. The molecule has 0 atom stereocenters. The van der Waals surface area contributed by atoms with Crippen molar-refractivity contribution in [2.24, 2.45) is 0 Å². The molecule has 0 saturated heterocycles. The van der Waals surface area contributed by atoms with Gasteiger partial charge in [0.1, 0.15) is 9.84 Å². The van der Waals surface area contributed by atoms with Crippen LogP contribution in [0.15, 0.2) is 35.7 Å². The van der Waals surface area contributed by atoms with Crippen molar-refractivity contribution in [3.63, 3.8) is 0 Å². The zero-order valence-corrected chi connectivity index (χ0v) is 13.5. The Bertz CT molecular complexity index is 706. The molecule has 1 aromatic heterocycles. The van der Waals surface area contributed by atoms with Gasteiger partial charge in [0.2, 0.25) is 0 Å². The Morgan fingerprint density at radius 2 is 2.00 bits per heavy atom. The number of aromatic nitrogens is 2. The Morgan fingerprint density at radius 1 is 1.25 bits per heavy atom. The molecule has 0 N–H and O–H groups in total. The zero-order valence-electron chi connectivity index (χ0n) is 11.8. The number of thioether (sulfide) groups is 1. The first kappa shape index (κ1) is 15.1. The normalized spacial score (nSPS) is 11.8. The van der Waals surface area contributed by atoms with Crippen LogP contribution in [0.25, 0.3) is 5.69 Å². The fourth-order valence-corrected chi connectivity index (χ4v) is 3.92. The average Bonchev–Trinajstić information content (AvgIpc) is 2.79. The molecule has 0 bridgehead atoms. The largest absolute Gasteiger partial charge is 0.295 e. The zero-order chi connectivity index (χ0) is 14.8. The molecule has 108 valence electrons. The fraction of sp³-hybridized carbons (Fsp3) is 0.357. The first-order chi connectivity index (χ1) is 9.37. The number of sulfone groups is 1. The third kappa shape index (κ3) is 3.86. The highest BCUT2D eigenvalue weighted by molar-refractivity contribution is 8.00. The molecule has 0 aliphatic heterocycles. The molecule has 0 aliphatic carbocycles. The number of imidazole rings is 1. The van der Waals surface area contributed by atoms with Gasteiger partial charge in [0, 0.05) is 30.1 Å². The maximum Gasteiger partial charge on any atom is 0.172 e. The van der Waals surface area contributed by atoms with Crippen molar-refractivity contribution in [1.82, 2.24) is 9.55 Å². The van der Waals surface area contributed by atoms with E-state index >= 15 is 0 Å². The fourth-order valence-electron chi connectivity index (χ4n) is 1.75. The van der Waals surface area contributed by atoms with Crippen LogP contribution in [0.2, 0.25) is 0 Å². The summed E-state index contributed by atoms with van der Waals surface area (Å²) in [6.45, 7) is 4.15. The molecule has 0 saturated carbocycles. The van der Waals surface area contributed by atoms with Gasteiger partial charge in [0.05, 0.1) is 5.75 Å². The average molecular weight is 310 g/mol. The summed E-state index contributed by atoms with van der Waals surface area (Å²) in [7, 11) is -2.93. The lowest BCUT2D eigenvalue weighted by molar-refractivity contribution is 0.603. The number of hydrogen-bond acceptors (Lipinski definition) is 4. The quantitative estimate of drug-likeness (QED) is 0.797. The van der Waals surface area contributed by atoms with Crippen molar-refractivity contribution < 1.29 is 8.42 Å². The molecule has 4 nitrogen and oxygen atoms in total. The van der Waals surface area contributed by atoms with E-state index < -0.39 is 9.84 Å². The molecule has 20 heavy (non-hydrogen) atoms. The van der Waals surface area contributed by atoms with E-state index in [9.17, 15) is 8.42 Å². The third-order valence-corrected chi connectivity index (χ3v) is 5.23. The third-order valence-electron chi connectivity index (χ3n) is 3.06. The van der Waals surface area contributed by atoms with Gasteiger partial charge in [-0.25, -0.2) is 13.4 Å². The molecule has 1 aromatic carbocycles. The molecule has 2 rings (SSSR count). The van der Waals surface area contributed by atoms with Crippen LogP contribution in [0, 0.1) is 13.8 Å². The second-order valence-electron chi connectivity index (χ2n) is 4.83. The van der Waals surface area contributed by atoms with E-state index in [-0.39, 0.29) is 5.75 Å². The van der Waals surface area contributed by atoms with E-state index in [4.69, 9.17) is 0 Å². The Hall–Kier alpha value is -1.27. The van der Waals surface area contributed by atoms with Crippen LogP contribution in [-0.2, 0) is 9.84 Å². The van der Waals surface area contributed by atoms with Crippen molar-refractivity contribution in [3.8, 4) is 5.69 Å². The SMILES string of the molecule is Cc1ccc(-n2ccnc2SCCS(C)(=O)=O)cc1C. The highest BCUT2D eigenvalue weighted by Crippen LogP contribution is 2.22. The summed E-state index contributed by atoms with van der Waals surface area (Å²) in [5, 5.41) is 0.817. The van der Waals surface area contributed by atoms with E-state index in [0.717, 1.165) is 10.8 Å². The monoisotopic (exact) mass is 310 g/mol. The molecule has 6 heteroatoms. The first-order valence-corrected chi connectivity index (χ1v) is 9.33. The van der Waals surface area contributed by atoms with Crippen LogP contribution in [0.5, 0.6) is 0 Å². The van der Waals surface area contributed by atoms with E-state index in [1.165, 1.54) is 29.1 Å². The first-order valence-electron chi connectivity index (χ1n) is 6.28. The summed E-state index contributed by atoms with van der Waals surface area (Å²) in [6.07, 6.45) is 4.88. The van der Waals surface area contributed by atoms with Gasteiger partial charge in [-0.2, -0.15) is 0 Å².